The fourth-order valence-electron chi connectivity index (χ4n) is 2.80. The van der Waals surface area contributed by atoms with Crippen molar-refractivity contribution in [2.24, 2.45) is 11.7 Å². The first-order valence-corrected chi connectivity index (χ1v) is 7.38. The highest BCUT2D eigenvalue weighted by Gasteiger charge is 2.27. The molecule has 2 N–H and O–H groups in total. The zero-order valence-corrected chi connectivity index (χ0v) is 12.1. The lowest BCUT2D eigenvalue weighted by atomic mass is 10.1. The molecule has 1 saturated heterocycles. The van der Waals surface area contributed by atoms with Gasteiger partial charge in [0.05, 0.1) is 6.61 Å². The zero-order valence-electron chi connectivity index (χ0n) is 12.1. The second-order valence-corrected chi connectivity index (χ2v) is 5.61. The minimum atomic E-state index is 0.633. The van der Waals surface area contributed by atoms with Gasteiger partial charge in [-0.15, -0.1) is 0 Å². The molecule has 0 saturated carbocycles. The number of benzene rings is 1. The first-order valence-electron chi connectivity index (χ1n) is 7.38. The van der Waals surface area contributed by atoms with E-state index in [0.717, 1.165) is 38.4 Å². The van der Waals surface area contributed by atoms with Crippen LogP contribution in [0.4, 0.5) is 0 Å². The van der Waals surface area contributed by atoms with E-state index in [2.05, 4.69) is 36.9 Å². The summed E-state index contributed by atoms with van der Waals surface area (Å²) in [5.41, 5.74) is 7.12. The fourth-order valence-corrected chi connectivity index (χ4v) is 2.80. The normalized spacial score (nSPS) is 23.7. The predicted octanol–water partition coefficient (Wildman–Crippen LogP) is 2.64. The molecule has 1 aromatic carbocycles. The quantitative estimate of drug-likeness (QED) is 0.856. The second kappa shape index (κ2) is 6.92. The van der Waals surface area contributed by atoms with Crippen molar-refractivity contribution in [3.05, 3.63) is 29.8 Å². The number of hydrogen-bond donors (Lipinski definition) is 1. The van der Waals surface area contributed by atoms with Crippen molar-refractivity contribution in [1.29, 1.82) is 0 Å². The van der Waals surface area contributed by atoms with Crippen molar-refractivity contribution < 1.29 is 4.74 Å². The van der Waals surface area contributed by atoms with E-state index in [0.29, 0.717) is 12.0 Å². The summed E-state index contributed by atoms with van der Waals surface area (Å²) in [6, 6.07) is 9.10. The average Bonchev–Trinajstić information content (AvgIpc) is 2.77. The highest BCUT2D eigenvalue weighted by molar-refractivity contribution is 5.28. The summed E-state index contributed by atoms with van der Waals surface area (Å²) < 4.78 is 5.69. The van der Waals surface area contributed by atoms with Gasteiger partial charge in [0.25, 0.3) is 0 Å². The molecule has 3 heteroatoms. The molecule has 0 amide bonds. The van der Waals surface area contributed by atoms with E-state index in [1.54, 1.807) is 0 Å². The molecule has 2 rings (SSSR count). The van der Waals surface area contributed by atoms with Gasteiger partial charge in [-0.25, -0.2) is 0 Å². The summed E-state index contributed by atoms with van der Waals surface area (Å²) in [6.45, 7) is 8.15. The van der Waals surface area contributed by atoms with Crippen molar-refractivity contribution in [3.8, 4) is 5.75 Å². The van der Waals surface area contributed by atoms with Crippen molar-refractivity contribution in [2.45, 2.75) is 39.3 Å². The molecule has 1 aliphatic heterocycles. The van der Waals surface area contributed by atoms with Gasteiger partial charge in [0.15, 0.2) is 0 Å². The maximum atomic E-state index is 5.78. The molecule has 0 aromatic heterocycles. The van der Waals surface area contributed by atoms with Gasteiger partial charge < -0.3 is 10.5 Å². The van der Waals surface area contributed by atoms with E-state index in [1.165, 1.54) is 12.0 Å². The maximum absolute atomic E-state index is 5.78. The van der Waals surface area contributed by atoms with E-state index < -0.39 is 0 Å². The first kappa shape index (κ1) is 14.4. The summed E-state index contributed by atoms with van der Waals surface area (Å²) in [7, 11) is 0. The number of hydrogen-bond acceptors (Lipinski definition) is 3. The Kier molecular flexibility index (Phi) is 5.23. The lowest BCUT2D eigenvalue weighted by molar-refractivity contribution is 0.255. The van der Waals surface area contributed by atoms with Gasteiger partial charge in [-0.05, 0) is 49.9 Å². The number of nitrogens with two attached hydrogens (primary N) is 1. The van der Waals surface area contributed by atoms with Gasteiger partial charge in [0, 0.05) is 19.1 Å². The van der Waals surface area contributed by atoms with Crippen LogP contribution in [0.25, 0.3) is 0 Å². The summed E-state index contributed by atoms with van der Waals surface area (Å²) in [5.74, 6) is 1.65. The Balaban J connectivity index is 1.95. The van der Waals surface area contributed by atoms with Gasteiger partial charge in [0.2, 0.25) is 0 Å². The third kappa shape index (κ3) is 3.95. The number of likely N-dealkylation sites (tertiary alicyclic amines) is 1. The molecule has 0 spiro atoms. The molecule has 106 valence electrons. The van der Waals surface area contributed by atoms with Crippen LogP contribution in [0.1, 0.15) is 32.3 Å². The molecular weight excluding hydrogens is 236 g/mol. The van der Waals surface area contributed by atoms with Crippen LogP contribution in [0, 0.1) is 5.92 Å². The third-order valence-corrected chi connectivity index (χ3v) is 3.88. The third-order valence-electron chi connectivity index (χ3n) is 3.88. The highest BCUT2D eigenvalue weighted by Crippen LogP contribution is 2.25. The highest BCUT2D eigenvalue weighted by atomic mass is 16.5. The van der Waals surface area contributed by atoms with E-state index in [9.17, 15) is 0 Å². The Bertz CT molecular complexity index is 394. The molecule has 1 aliphatic rings. The van der Waals surface area contributed by atoms with Crippen LogP contribution in [0.15, 0.2) is 24.3 Å². The summed E-state index contributed by atoms with van der Waals surface area (Å²) in [5, 5.41) is 0. The second-order valence-electron chi connectivity index (χ2n) is 5.61. The SMILES string of the molecule is CCCOc1cccc(CN2CC(CN)CC2C)c1. The van der Waals surface area contributed by atoms with Crippen LogP contribution in [0.2, 0.25) is 0 Å². The van der Waals surface area contributed by atoms with Crippen molar-refractivity contribution in [3.63, 3.8) is 0 Å². The zero-order chi connectivity index (χ0) is 13.7. The fraction of sp³-hybridized carbons (Fsp3) is 0.625. The maximum Gasteiger partial charge on any atom is 0.119 e. The molecule has 19 heavy (non-hydrogen) atoms. The van der Waals surface area contributed by atoms with Gasteiger partial charge >= 0.3 is 0 Å². The average molecular weight is 262 g/mol. The van der Waals surface area contributed by atoms with Crippen LogP contribution in [0.3, 0.4) is 0 Å². The van der Waals surface area contributed by atoms with Gasteiger partial charge in [-0.3, -0.25) is 4.90 Å². The predicted molar refractivity (Wildman–Crippen MR) is 79.3 cm³/mol. The van der Waals surface area contributed by atoms with Gasteiger partial charge in [0.1, 0.15) is 5.75 Å². The molecule has 2 atom stereocenters. The van der Waals surface area contributed by atoms with Crippen LogP contribution in [-0.2, 0) is 6.54 Å². The summed E-state index contributed by atoms with van der Waals surface area (Å²) in [4.78, 5) is 2.52. The minimum absolute atomic E-state index is 0.633. The van der Waals surface area contributed by atoms with E-state index in [4.69, 9.17) is 10.5 Å². The van der Waals surface area contributed by atoms with E-state index >= 15 is 0 Å². The van der Waals surface area contributed by atoms with E-state index in [-0.39, 0.29) is 0 Å². The minimum Gasteiger partial charge on any atom is -0.494 e. The molecule has 0 radical (unpaired) electrons. The lowest BCUT2D eigenvalue weighted by Crippen LogP contribution is -2.27. The Morgan fingerprint density at radius 2 is 2.26 bits per heavy atom. The lowest BCUT2D eigenvalue weighted by Gasteiger charge is -2.21. The molecule has 2 unspecified atom stereocenters. The Morgan fingerprint density at radius 1 is 1.42 bits per heavy atom. The van der Waals surface area contributed by atoms with Crippen molar-refractivity contribution >= 4 is 0 Å². The topological polar surface area (TPSA) is 38.5 Å². The largest absolute Gasteiger partial charge is 0.494 e. The summed E-state index contributed by atoms with van der Waals surface area (Å²) >= 11 is 0. The summed E-state index contributed by atoms with van der Waals surface area (Å²) in [6.07, 6.45) is 2.27. The molecule has 1 fully saturated rings. The van der Waals surface area contributed by atoms with Gasteiger partial charge in [-0.1, -0.05) is 19.1 Å². The molecule has 1 aromatic rings. The Labute approximate surface area is 116 Å². The van der Waals surface area contributed by atoms with Crippen molar-refractivity contribution in [1.82, 2.24) is 4.90 Å². The molecule has 0 aliphatic carbocycles. The van der Waals surface area contributed by atoms with Gasteiger partial charge in [-0.2, -0.15) is 0 Å². The van der Waals surface area contributed by atoms with Crippen molar-refractivity contribution in [2.75, 3.05) is 19.7 Å². The monoisotopic (exact) mass is 262 g/mol. The number of nitrogens with zero attached hydrogens (tertiary/aromatic N) is 1. The van der Waals surface area contributed by atoms with Crippen LogP contribution in [0.5, 0.6) is 5.75 Å². The Morgan fingerprint density at radius 3 is 2.95 bits per heavy atom. The number of rotatable bonds is 6. The van der Waals surface area contributed by atoms with Crippen LogP contribution in [-0.4, -0.2) is 30.6 Å². The standard InChI is InChI=1S/C16H26N2O/c1-3-7-19-16-6-4-5-14(9-16)11-18-12-15(10-17)8-13(18)2/h4-6,9,13,15H,3,7-8,10-12,17H2,1-2H3. The molecule has 3 nitrogen and oxygen atoms in total. The number of ether oxygens (including phenoxy) is 1. The molecule has 0 bridgehead atoms. The Hall–Kier alpha value is -1.06. The van der Waals surface area contributed by atoms with Crippen LogP contribution >= 0.6 is 0 Å². The molecular formula is C16H26N2O. The van der Waals surface area contributed by atoms with Crippen LogP contribution < -0.4 is 10.5 Å². The molecule has 1 heterocycles. The smallest absolute Gasteiger partial charge is 0.119 e. The first-order chi connectivity index (χ1) is 9.22. The van der Waals surface area contributed by atoms with E-state index in [1.807, 2.05) is 6.07 Å².